The number of halogens is 1. The van der Waals surface area contributed by atoms with Gasteiger partial charge in [-0.05, 0) is 47.4 Å². The summed E-state index contributed by atoms with van der Waals surface area (Å²) in [5, 5.41) is 12.2. The van der Waals surface area contributed by atoms with Gasteiger partial charge in [-0.3, -0.25) is 4.79 Å². The third-order valence-electron chi connectivity index (χ3n) is 5.70. The van der Waals surface area contributed by atoms with Gasteiger partial charge in [0.2, 0.25) is 5.91 Å². The van der Waals surface area contributed by atoms with Crippen LogP contribution >= 0.6 is 11.8 Å². The van der Waals surface area contributed by atoms with Crippen LogP contribution in [0.5, 0.6) is 5.75 Å². The molecule has 0 aliphatic rings. The Hall–Kier alpha value is -3.65. The average Bonchev–Trinajstić information content (AvgIpc) is 3.26. The zero-order valence-corrected chi connectivity index (χ0v) is 20.7. The lowest BCUT2D eigenvalue weighted by Crippen LogP contribution is -2.30. The molecule has 1 atom stereocenters. The molecule has 3 aromatic carbocycles. The molecule has 0 bridgehead atoms. The molecule has 6 nitrogen and oxygen atoms in total. The van der Waals surface area contributed by atoms with Gasteiger partial charge in [0.1, 0.15) is 11.6 Å². The summed E-state index contributed by atoms with van der Waals surface area (Å²) in [7, 11) is 3.48. The second-order valence-corrected chi connectivity index (χ2v) is 8.98. The SMILES string of the molecule is CCc1ccc([C@@H](NC(=O)CSc2nnc(-c3cccc(OC)c3)n2C)c2cccc(F)c2)cc1. The van der Waals surface area contributed by atoms with Crippen LogP contribution in [-0.4, -0.2) is 33.5 Å². The summed E-state index contributed by atoms with van der Waals surface area (Å²) in [6.07, 6.45) is 0.920. The van der Waals surface area contributed by atoms with Crippen LogP contribution in [-0.2, 0) is 18.3 Å². The van der Waals surface area contributed by atoms with Crippen LogP contribution in [0.1, 0.15) is 29.7 Å². The van der Waals surface area contributed by atoms with E-state index in [4.69, 9.17) is 4.74 Å². The van der Waals surface area contributed by atoms with E-state index in [2.05, 4.69) is 22.4 Å². The van der Waals surface area contributed by atoms with Crippen molar-refractivity contribution in [1.82, 2.24) is 20.1 Å². The minimum Gasteiger partial charge on any atom is -0.497 e. The predicted octanol–water partition coefficient (Wildman–Crippen LogP) is 5.19. The fourth-order valence-corrected chi connectivity index (χ4v) is 4.50. The van der Waals surface area contributed by atoms with Gasteiger partial charge in [-0.2, -0.15) is 0 Å². The Kier molecular flexibility index (Phi) is 7.82. The summed E-state index contributed by atoms with van der Waals surface area (Å²) < 4.78 is 21.1. The fourth-order valence-electron chi connectivity index (χ4n) is 3.78. The molecule has 1 heterocycles. The molecule has 0 saturated heterocycles. The Labute approximate surface area is 208 Å². The number of ether oxygens (including phenoxy) is 1. The first-order valence-electron chi connectivity index (χ1n) is 11.3. The minimum absolute atomic E-state index is 0.142. The number of methoxy groups -OCH3 is 1. The van der Waals surface area contributed by atoms with Crippen molar-refractivity contribution in [3.63, 3.8) is 0 Å². The van der Waals surface area contributed by atoms with Crippen LogP contribution in [0.2, 0.25) is 0 Å². The first kappa shape index (κ1) is 24.5. The molecular weight excluding hydrogens is 463 g/mol. The Morgan fingerprint density at radius 2 is 1.83 bits per heavy atom. The second-order valence-electron chi connectivity index (χ2n) is 8.04. The molecule has 4 aromatic rings. The van der Waals surface area contributed by atoms with Gasteiger partial charge < -0.3 is 14.6 Å². The maximum atomic E-state index is 14.0. The van der Waals surface area contributed by atoms with Crippen LogP contribution < -0.4 is 10.1 Å². The van der Waals surface area contributed by atoms with E-state index in [-0.39, 0.29) is 17.5 Å². The van der Waals surface area contributed by atoms with Gasteiger partial charge in [0.25, 0.3) is 0 Å². The minimum atomic E-state index is -0.462. The van der Waals surface area contributed by atoms with E-state index in [1.165, 1.54) is 29.5 Å². The summed E-state index contributed by atoms with van der Waals surface area (Å²) in [5.74, 6) is 1.03. The van der Waals surface area contributed by atoms with Gasteiger partial charge >= 0.3 is 0 Å². The summed E-state index contributed by atoms with van der Waals surface area (Å²) in [6, 6.07) is 21.4. The number of aryl methyl sites for hydroxylation is 1. The van der Waals surface area contributed by atoms with Crippen molar-refractivity contribution in [1.29, 1.82) is 0 Å². The number of benzene rings is 3. The molecule has 0 aliphatic carbocycles. The third kappa shape index (κ3) is 5.89. The van der Waals surface area contributed by atoms with E-state index >= 15 is 0 Å². The van der Waals surface area contributed by atoms with E-state index < -0.39 is 6.04 Å². The highest BCUT2D eigenvalue weighted by Gasteiger charge is 2.19. The highest BCUT2D eigenvalue weighted by Crippen LogP contribution is 2.27. The molecule has 1 N–H and O–H groups in total. The van der Waals surface area contributed by atoms with Crippen molar-refractivity contribution < 1.29 is 13.9 Å². The Balaban J connectivity index is 1.49. The van der Waals surface area contributed by atoms with E-state index in [0.29, 0.717) is 16.5 Å². The average molecular weight is 491 g/mol. The van der Waals surface area contributed by atoms with Crippen molar-refractivity contribution in [2.24, 2.45) is 7.05 Å². The van der Waals surface area contributed by atoms with E-state index in [9.17, 15) is 9.18 Å². The molecule has 0 spiro atoms. The molecule has 0 saturated carbocycles. The molecule has 1 amide bonds. The van der Waals surface area contributed by atoms with Crippen molar-refractivity contribution in [3.8, 4) is 17.1 Å². The quantitative estimate of drug-likeness (QED) is 0.327. The summed E-state index contributed by atoms with van der Waals surface area (Å²) in [6.45, 7) is 2.09. The van der Waals surface area contributed by atoms with Gasteiger partial charge in [-0.25, -0.2) is 4.39 Å². The Morgan fingerprint density at radius 1 is 1.06 bits per heavy atom. The summed E-state index contributed by atoms with van der Waals surface area (Å²) in [5.41, 5.74) is 3.65. The number of nitrogens with one attached hydrogen (secondary N) is 1. The first-order chi connectivity index (χ1) is 17.0. The third-order valence-corrected chi connectivity index (χ3v) is 6.72. The maximum absolute atomic E-state index is 14.0. The van der Waals surface area contributed by atoms with E-state index in [1.54, 1.807) is 13.2 Å². The highest BCUT2D eigenvalue weighted by atomic mass is 32.2. The largest absolute Gasteiger partial charge is 0.497 e. The molecule has 1 aromatic heterocycles. The van der Waals surface area contributed by atoms with Crippen molar-refractivity contribution >= 4 is 17.7 Å². The Morgan fingerprint density at radius 3 is 2.54 bits per heavy atom. The van der Waals surface area contributed by atoms with Crippen molar-refractivity contribution in [2.75, 3.05) is 12.9 Å². The van der Waals surface area contributed by atoms with Gasteiger partial charge in [0.15, 0.2) is 11.0 Å². The molecule has 180 valence electrons. The Bertz CT molecular complexity index is 1310. The molecule has 0 unspecified atom stereocenters. The standard InChI is InChI=1S/C27H27FN4O2S/c1-4-18-11-13-19(14-12-18)25(20-7-5-9-22(28)15-20)29-24(33)17-35-27-31-30-26(32(27)2)21-8-6-10-23(16-21)34-3/h5-16,25H,4,17H2,1-3H3,(H,29,33)/t25-/m1/s1. The maximum Gasteiger partial charge on any atom is 0.231 e. The van der Waals surface area contributed by atoms with Crippen LogP contribution in [0, 0.1) is 5.82 Å². The number of nitrogens with zero attached hydrogens (tertiary/aromatic N) is 3. The molecule has 0 fully saturated rings. The normalized spacial score (nSPS) is 11.8. The molecule has 35 heavy (non-hydrogen) atoms. The number of rotatable bonds is 9. The second kappa shape index (κ2) is 11.2. The van der Waals surface area contributed by atoms with Crippen molar-refractivity contribution in [3.05, 3.63) is 95.3 Å². The van der Waals surface area contributed by atoms with Gasteiger partial charge in [-0.15, -0.1) is 10.2 Å². The number of aromatic nitrogens is 3. The van der Waals surface area contributed by atoms with Crippen LogP contribution in [0.25, 0.3) is 11.4 Å². The smallest absolute Gasteiger partial charge is 0.231 e. The number of thioether (sulfide) groups is 1. The van der Waals surface area contributed by atoms with Gasteiger partial charge in [0.05, 0.1) is 18.9 Å². The fraction of sp³-hybridized carbons (Fsp3) is 0.222. The molecule has 8 heteroatoms. The molecular formula is C27H27FN4O2S. The summed E-state index contributed by atoms with van der Waals surface area (Å²) in [4.78, 5) is 13.0. The van der Waals surface area contributed by atoms with E-state index in [1.807, 2.05) is 66.2 Å². The first-order valence-corrected chi connectivity index (χ1v) is 12.3. The highest BCUT2D eigenvalue weighted by molar-refractivity contribution is 7.99. The van der Waals surface area contributed by atoms with Crippen LogP contribution in [0.15, 0.2) is 78.0 Å². The lowest BCUT2D eigenvalue weighted by atomic mass is 9.97. The molecule has 0 radical (unpaired) electrons. The predicted molar refractivity (Wildman–Crippen MR) is 136 cm³/mol. The lowest BCUT2D eigenvalue weighted by Gasteiger charge is -2.20. The van der Waals surface area contributed by atoms with Crippen LogP contribution in [0.4, 0.5) is 4.39 Å². The number of carbonyl (C=O) groups is 1. The molecule has 0 aliphatic heterocycles. The number of carbonyl (C=O) groups excluding carboxylic acids is 1. The van der Waals surface area contributed by atoms with Gasteiger partial charge in [-0.1, -0.05) is 67.2 Å². The monoisotopic (exact) mass is 490 g/mol. The number of amides is 1. The van der Waals surface area contributed by atoms with Crippen molar-refractivity contribution in [2.45, 2.75) is 24.5 Å². The zero-order valence-electron chi connectivity index (χ0n) is 19.9. The lowest BCUT2D eigenvalue weighted by molar-refractivity contribution is -0.119. The zero-order chi connectivity index (χ0) is 24.8. The topological polar surface area (TPSA) is 69.0 Å². The number of hydrogen-bond acceptors (Lipinski definition) is 5. The van der Waals surface area contributed by atoms with E-state index in [0.717, 1.165) is 23.3 Å². The number of hydrogen-bond donors (Lipinski definition) is 1. The summed E-state index contributed by atoms with van der Waals surface area (Å²) >= 11 is 1.29. The van der Waals surface area contributed by atoms with Gasteiger partial charge in [0, 0.05) is 12.6 Å². The van der Waals surface area contributed by atoms with Crippen LogP contribution in [0.3, 0.4) is 0 Å². The molecule has 4 rings (SSSR count).